The van der Waals surface area contributed by atoms with E-state index in [1.807, 2.05) is 16.7 Å². The van der Waals surface area contributed by atoms with Crippen molar-refractivity contribution in [1.82, 2.24) is 14.9 Å². The second-order valence-electron chi connectivity index (χ2n) is 8.20. The molecule has 1 aromatic heterocycles. The predicted molar refractivity (Wildman–Crippen MR) is 124 cm³/mol. The summed E-state index contributed by atoms with van der Waals surface area (Å²) in [5, 5.41) is 3.11. The van der Waals surface area contributed by atoms with Gasteiger partial charge in [0.15, 0.2) is 0 Å². The van der Waals surface area contributed by atoms with Crippen LogP contribution < -0.4 is 5.32 Å². The number of aromatic nitrogens is 2. The van der Waals surface area contributed by atoms with Crippen molar-refractivity contribution in [2.24, 2.45) is 5.92 Å². The van der Waals surface area contributed by atoms with E-state index in [-0.39, 0.29) is 5.91 Å². The van der Waals surface area contributed by atoms with Crippen LogP contribution in [0.15, 0.2) is 55.0 Å². The summed E-state index contributed by atoms with van der Waals surface area (Å²) in [4.78, 5) is 17.0. The van der Waals surface area contributed by atoms with Gasteiger partial charge in [-0.15, -0.1) is 0 Å². The van der Waals surface area contributed by atoms with Crippen molar-refractivity contribution in [3.05, 3.63) is 71.8 Å². The second-order valence-corrected chi connectivity index (χ2v) is 8.20. The summed E-state index contributed by atoms with van der Waals surface area (Å²) in [6.07, 6.45) is 7.98. The van der Waals surface area contributed by atoms with Gasteiger partial charge in [-0.1, -0.05) is 74.6 Å². The lowest BCUT2D eigenvalue weighted by Crippen LogP contribution is -2.30. The van der Waals surface area contributed by atoms with Crippen LogP contribution in [0, 0.1) is 19.8 Å². The van der Waals surface area contributed by atoms with E-state index in [4.69, 9.17) is 0 Å². The Labute approximate surface area is 180 Å². The Kier molecular flexibility index (Phi) is 7.45. The standard InChI is InChI=1S/C26H33N3O/c1-5-7-8-21(6-2)16-28-26(30)25-17-27-18-29(25)24-11-9-22(10-12-24)23-14-19(3)13-20(4)15-23/h9-15,17-18,21H,5-8,16H2,1-4H3,(H,28,30)/t21-/m1/s1. The molecule has 0 unspecified atom stereocenters. The quantitative estimate of drug-likeness (QED) is 0.469. The molecule has 0 aliphatic heterocycles. The lowest BCUT2D eigenvalue weighted by Gasteiger charge is -2.16. The van der Waals surface area contributed by atoms with E-state index in [1.54, 1.807) is 12.5 Å². The third-order valence-corrected chi connectivity index (χ3v) is 5.67. The molecule has 158 valence electrons. The second kappa shape index (κ2) is 10.2. The number of amides is 1. The van der Waals surface area contributed by atoms with Crippen LogP contribution in [0.1, 0.15) is 61.1 Å². The van der Waals surface area contributed by atoms with Crippen molar-refractivity contribution in [1.29, 1.82) is 0 Å². The van der Waals surface area contributed by atoms with Gasteiger partial charge in [-0.05, 0) is 49.4 Å². The topological polar surface area (TPSA) is 46.9 Å². The highest BCUT2D eigenvalue weighted by molar-refractivity contribution is 5.93. The van der Waals surface area contributed by atoms with Crippen LogP contribution in [0.3, 0.4) is 0 Å². The van der Waals surface area contributed by atoms with Crippen LogP contribution in [0.2, 0.25) is 0 Å². The minimum atomic E-state index is -0.0687. The van der Waals surface area contributed by atoms with Gasteiger partial charge in [0.1, 0.15) is 5.69 Å². The zero-order chi connectivity index (χ0) is 21.5. The Morgan fingerprint density at radius 2 is 1.73 bits per heavy atom. The van der Waals surface area contributed by atoms with Crippen LogP contribution in [0.25, 0.3) is 16.8 Å². The molecule has 0 spiro atoms. The zero-order valence-corrected chi connectivity index (χ0v) is 18.6. The Bertz CT molecular complexity index is 952. The van der Waals surface area contributed by atoms with Gasteiger partial charge in [-0.2, -0.15) is 0 Å². The molecule has 2 aromatic carbocycles. The molecule has 0 saturated carbocycles. The van der Waals surface area contributed by atoms with Gasteiger partial charge < -0.3 is 5.32 Å². The molecular weight excluding hydrogens is 370 g/mol. The molecule has 3 rings (SSSR count). The summed E-state index contributed by atoms with van der Waals surface area (Å²) in [6, 6.07) is 14.9. The average Bonchev–Trinajstić information content (AvgIpc) is 3.23. The number of benzene rings is 2. The highest BCUT2D eigenvalue weighted by atomic mass is 16.1. The molecule has 4 nitrogen and oxygen atoms in total. The normalized spacial score (nSPS) is 12.0. The lowest BCUT2D eigenvalue weighted by molar-refractivity contribution is 0.0939. The smallest absolute Gasteiger partial charge is 0.269 e. The maximum absolute atomic E-state index is 12.8. The van der Waals surface area contributed by atoms with Gasteiger partial charge in [0.25, 0.3) is 5.91 Å². The molecule has 0 saturated heterocycles. The van der Waals surface area contributed by atoms with Crippen LogP contribution in [0.5, 0.6) is 0 Å². The van der Waals surface area contributed by atoms with Gasteiger partial charge >= 0.3 is 0 Å². The van der Waals surface area contributed by atoms with Crippen LogP contribution in [-0.2, 0) is 0 Å². The van der Waals surface area contributed by atoms with Gasteiger partial charge in [-0.3, -0.25) is 9.36 Å². The van der Waals surface area contributed by atoms with Gasteiger partial charge in [0.2, 0.25) is 0 Å². The summed E-state index contributed by atoms with van der Waals surface area (Å²) in [5.41, 5.74) is 6.39. The third-order valence-electron chi connectivity index (χ3n) is 5.67. The molecule has 0 aliphatic carbocycles. The van der Waals surface area contributed by atoms with Crippen molar-refractivity contribution < 1.29 is 4.79 Å². The van der Waals surface area contributed by atoms with E-state index in [2.05, 4.69) is 68.3 Å². The molecule has 0 aliphatic rings. The van der Waals surface area contributed by atoms with E-state index in [1.165, 1.54) is 35.1 Å². The van der Waals surface area contributed by atoms with Gasteiger partial charge in [-0.25, -0.2) is 4.98 Å². The predicted octanol–water partition coefficient (Wildman–Crippen LogP) is 6.10. The first-order chi connectivity index (χ1) is 14.5. The summed E-state index contributed by atoms with van der Waals surface area (Å²) < 4.78 is 1.85. The Balaban J connectivity index is 1.73. The largest absolute Gasteiger partial charge is 0.350 e. The monoisotopic (exact) mass is 403 g/mol. The van der Waals surface area contributed by atoms with Crippen LogP contribution in [0.4, 0.5) is 0 Å². The average molecular weight is 404 g/mol. The van der Waals surface area contributed by atoms with Crippen molar-refractivity contribution in [3.8, 4) is 16.8 Å². The van der Waals surface area contributed by atoms with E-state index in [0.717, 1.165) is 18.5 Å². The van der Waals surface area contributed by atoms with E-state index < -0.39 is 0 Å². The first kappa shape index (κ1) is 21.8. The van der Waals surface area contributed by atoms with Gasteiger partial charge in [0, 0.05) is 12.2 Å². The molecule has 1 atom stereocenters. The maximum atomic E-state index is 12.8. The van der Waals surface area contributed by atoms with Crippen LogP contribution >= 0.6 is 0 Å². The molecule has 1 heterocycles. The highest BCUT2D eigenvalue weighted by Crippen LogP contribution is 2.24. The molecule has 0 radical (unpaired) electrons. The van der Waals surface area contributed by atoms with E-state index >= 15 is 0 Å². The number of carbonyl (C=O) groups excluding carboxylic acids is 1. The number of unbranched alkanes of at least 4 members (excludes halogenated alkanes) is 1. The SMILES string of the molecule is CCCC[C@@H](CC)CNC(=O)c1cncn1-c1ccc(-c2cc(C)cc(C)c2)cc1. The van der Waals surface area contributed by atoms with Crippen molar-refractivity contribution >= 4 is 5.91 Å². The maximum Gasteiger partial charge on any atom is 0.269 e. The summed E-state index contributed by atoms with van der Waals surface area (Å²) in [5.74, 6) is 0.461. The number of carbonyl (C=O) groups is 1. The first-order valence-corrected chi connectivity index (χ1v) is 11.0. The summed E-state index contributed by atoms with van der Waals surface area (Å²) in [6.45, 7) is 9.34. The number of imidazole rings is 1. The fourth-order valence-corrected chi connectivity index (χ4v) is 3.90. The Hall–Kier alpha value is -2.88. The van der Waals surface area contributed by atoms with Crippen molar-refractivity contribution in [3.63, 3.8) is 0 Å². The first-order valence-electron chi connectivity index (χ1n) is 11.0. The third kappa shape index (κ3) is 5.38. The Morgan fingerprint density at radius 1 is 1.03 bits per heavy atom. The highest BCUT2D eigenvalue weighted by Gasteiger charge is 2.15. The number of nitrogens with zero attached hydrogens (tertiary/aromatic N) is 2. The molecule has 0 fully saturated rings. The molecule has 1 amide bonds. The number of hydrogen-bond acceptors (Lipinski definition) is 2. The van der Waals surface area contributed by atoms with E-state index in [0.29, 0.717) is 18.2 Å². The molecule has 30 heavy (non-hydrogen) atoms. The fourth-order valence-electron chi connectivity index (χ4n) is 3.90. The molecular formula is C26H33N3O. The van der Waals surface area contributed by atoms with Crippen LogP contribution in [-0.4, -0.2) is 22.0 Å². The van der Waals surface area contributed by atoms with Crippen molar-refractivity contribution in [2.75, 3.05) is 6.54 Å². The lowest BCUT2D eigenvalue weighted by atomic mass is 9.99. The minimum absolute atomic E-state index is 0.0687. The minimum Gasteiger partial charge on any atom is -0.350 e. The summed E-state index contributed by atoms with van der Waals surface area (Å²) >= 11 is 0. The number of hydrogen-bond donors (Lipinski definition) is 1. The van der Waals surface area contributed by atoms with Crippen molar-refractivity contribution in [2.45, 2.75) is 53.4 Å². The zero-order valence-electron chi connectivity index (χ0n) is 18.6. The molecule has 0 bridgehead atoms. The molecule has 3 aromatic rings. The van der Waals surface area contributed by atoms with Gasteiger partial charge in [0.05, 0.1) is 12.5 Å². The number of rotatable bonds is 9. The number of nitrogens with one attached hydrogen (secondary N) is 1. The van der Waals surface area contributed by atoms with E-state index in [9.17, 15) is 4.79 Å². The Morgan fingerprint density at radius 3 is 2.37 bits per heavy atom. The molecule has 4 heteroatoms. The summed E-state index contributed by atoms with van der Waals surface area (Å²) in [7, 11) is 0. The number of aryl methyl sites for hydroxylation is 2. The fraction of sp³-hybridized carbons (Fsp3) is 0.385. The molecule has 1 N–H and O–H groups in total.